The highest BCUT2D eigenvalue weighted by Crippen LogP contribution is 2.50. The quantitative estimate of drug-likeness (QED) is 0.683. The molecule has 0 aliphatic heterocycles. The maximum absolute atomic E-state index is 11.9. The van der Waals surface area contributed by atoms with Crippen LogP contribution in [0.2, 0.25) is 0 Å². The Morgan fingerprint density at radius 3 is 2.33 bits per heavy atom. The summed E-state index contributed by atoms with van der Waals surface area (Å²) in [5.74, 6) is 0.172. The highest BCUT2D eigenvalue weighted by atomic mass is 31.2. The molecule has 0 atom stereocenters. The van der Waals surface area contributed by atoms with Gasteiger partial charge in [0.1, 0.15) is 0 Å². The largest absolute Gasteiger partial charge is 0.334 e. The second kappa shape index (κ2) is 5.06. The van der Waals surface area contributed by atoms with Crippen LogP contribution >= 0.6 is 7.60 Å². The average molecular weight is 232 g/mol. The average Bonchev–Trinajstić information content (AvgIpc) is 2.59. The van der Waals surface area contributed by atoms with Crippen molar-refractivity contribution in [2.24, 2.45) is 0 Å². The van der Waals surface area contributed by atoms with Crippen molar-refractivity contribution in [3.8, 4) is 0 Å². The fourth-order valence-corrected chi connectivity index (χ4v) is 3.05. The number of carbonyl (C=O) groups excluding carboxylic acids is 1. The van der Waals surface area contributed by atoms with E-state index in [9.17, 15) is 9.36 Å². The molecule has 0 N–H and O–H groups in total. The van der Waals surface area contributed by atoms with Crippen LogP contribution in [0.15, 0.2) is 11.1 Å². The van der Waals surface area contributed by atoms with Gasteiger partial charge >= 0.3 is 7.60 Å². The van der Waals surface area contributed by atoms with Gasteiger partial charge in [0.2, 0.25) is 0 Å². The summed E-state index contributed by atoms with van der Waals surface area (Å²) in [5, 5.41) is 0. The van der Waals surface area contributed by atoms with E-state index in [1.807, 2.05) is 6.92 Å². The van der Waals surface area contributed by atoms with E-state index in [4.69, 9.17) is 9.05 Å². The molecule has 0 heterocycles. The number of carbonyl (C=O) groups is 1. The van der Waals surface area contributed by atoms with E-state index in [2.05, 4.69) is 0 Å². The zero-order valence-corrected chi connectivity index (χ0v) is 10.3. The molecular weight excluding hydrogens is 215 g/mol. The molecule has 0 radical (unpaired) electrons. The van der Waals surface area contributed by atoms with Gasteiger partial charge in [0.15, 0.2) is 5.78 Å². The van der Waals surface area contributed by atoms with Crippen molar-refractivity contribution in [1.29, 1.82) is 0 Å². The van der Waals surface area contributed by atoms with E-state index in [1.165, 1.54) is 14.2 Å². The first-order valence-corrected chi connectivity index (χ1v) is 6.73. The Labute approximate surface area is 90.2 Å². The third-order valence-corrected chi connectivity index (χ3v) is 4.59. The van der Waals surface area contributed by atoms with E-state index in [0.717, 1.165) is 11.1 Å². The highest BCUT2D eigenvalue weighted by Gasteiger charge is 2.29. The van der Waals surface area contributed by atoms with Gasteiger partial charge in [-0.1, -0.05) is 12.5 Å². The summed E-state index contributed by atoms with van der Waals surface area (Å²) in [6.45, 7) is 1.93. The number of hydrogen-bond donors (Lipinski definition) is 0. The molecule has 0 fully saturated rings. The van der Waals surface area contributed by atoms with Crippen LogP contribution in [0.4, 0.5) is 0 Å². The molecule has 0 aromatic heterocycles. The van der Waals surface area contributed by atoms with Crippen LogP contribution < -0.4 is 0 Å². The molecule has 1 aliphatic carbocycles. The predicted octanol–water partition coefficient (Wildman–Crippen LogP) is 2.54. The second-order valence-electron chi connectivity index (χ2n) is 3.49. The summed E-state index contributed by atoms with van der Waals surface area (Å²) >= 11 is 0. The Kier molecular flexibility index (Phi) is 4.26. The minimum atomic E-state index is -3.02. The molecule has 0 aromatic carbocycles. The molecule has 4 nitrogen and oxygen atoms in total. The summed E-state index contributed by atoms with van der Waals surface area (Å²) in [5.41, 5.74) is 1.75. The van der Waals surface area contributed by atoms with E-state index in [1.54, 1.807) is 0 Å². The second-order valence-corrected chi connectivity index (χ2v) is 5.76. The molecule has 86 valence electrons. The lowest BCUT2D eigenvalue weighted by molar-refractivity contribution is -0.115. The fraction of sp³-hybridized carbons (Fsp3) is 0.700. The fourth-order valence-electron chi connectivity index (χ4n) is 1.82. The van der Waals surface area contributed by atoms with Crippen molar-refractivity contribution in [1.82, 2.24) is 0 Å². The monoisotopic (exact) mass is 232 g/mol. The molecule has 0 saturated heterocycles. The first-order chi connectivity index (χ1) is 7.06. The van der Waals surface area contributed by atoms with Gasteiger partial charge in [-0.15, -0.1) is 0 Å². The normalized spacial score (nSPS) is 17.7. The molecule has 0 unspecified atom stereocenters. The molecular formula is C10H17O4P. The minimum absolute atomic E-state index is 0.172. The number of allylic oxidation sites excluding steroid dienone is 2. The van der Waals surface area contributed by atoms with E-state index >= 15 is 0 Å². The molecule has 15 heavy (non-hydrogen) atoms. The summed E-state index contributed by atoms with van der Waals surface area (Å²) in [6.07, 6.45) is 2.17. The third kappa shape index (κ3) is 2.77. The Bertz CT molecular complexity index is 324. The van der Waals surface area contributed by atoms with Crippen molar-refractivity contribution < 1.29 is 18.4 Å². The molecule has 0 saturated carbocycles. The summed E-state index contributed by atoms with van der Waals surface area (Å²) in [6, 6.07) is 0. The number of Topliss-reactive ketones (excluding diaryl/α,β-unsaturated/α-hetero) is 1. The Morgan fingerprint density at radius 2 is 1.87 bits per heavy atom. The smallest absolute Gasteiger partial charge is 0.312 e. The molecule has 0 bridgehead atoms. The van der Waals surface area contributed by atoms with Gasteiger partial charge in [0.05, 0.1) is 6.16 Å². The Morgan fingerprint density at radius 1 is 1.27 bits per heavy atom. The summed E-state index contributed by atoms with van der Waals surface area (Å²) < 4.78 is 21.6. The Hall–Kier alpha value is -0.440. The van der Waals surface area contributed by atoms with Crippen LogP contribution in [-0.2, 0) is 18.4 Å². The lowest BCUT2D eigenvalue weighted by Gasteiger charge is -2.14. The van der Waals surface area contributed by atoms with Crippen molar-refractivity contribution >= 4 is 13.4 Å². The lowest BCUT2D eigenvalue weighted by atomic mass is 10.1. The molecule has 0 aromatic rings. The van der Waals surface area contributed by atoms with Crippen LogP contribution in [0.5, 0.6) is 0 Å². The molecule has 5 heteroatoms. The minimum Gasteiger partial charge on any atom is -0.312 e. The van der Waals surface area contributed by atoms with Crippen LogP contribution in [0, 0.1) is 0 Å². The third-order valence-electron chi connectivity index (χ3n) is 2.71. The zero-order chi connectivity index (χ0) is 11.5. The van der Waals surface area contributed by atoms with Crippen LogP contribution in [0.25, 0.3) is 0 Å². The van der Waals surface area contributed by atoms with Crippen LogP contribution in [-0.4, -0.2) is 26.2 Å². The van der Waals surface area contributed by atoms with Gasteiger partial charge in [-0.25, -0.2) is 0 Å². The SMILES string of the molecule is CCC1=C(CP(=O)(OC)OC)CCC1=O. The van der Waals surface area contributed by atoms with Crippen molar-refractivity contribution in [2.75, 3.05) is 20.4 Å². The standard InChI is InChI=1S/C10H17O4P/c1-4-9-8(5-6-10(9)11)7-15(12,13-2)14-3/h4-7H2,1-3H3. The summed E-state index contributed by atoms with van der Waals surface area (Å²) in [4.78, 5) is 11.4. The topological polar surface area (TPSA) is 52.6 Å². The first-order valence-electron chi connectivity index (χ1n) is 5.01. The van der Waals surface area contributed by atoms with E-state index < -0.39 is 7.60 Å². The molecule has 1 aliphatic rings. The molecule has 0 amide bonds. The van der Waals surface area contributed by atoms with Gasteiger partial charge in [0, 0.05) is 20.6 Å². The molecule has 1 rings (SSSR count). The highest BCUT2D eigenvalue weighted by molar-refractivity contribution is 7.54. The van der Waals surface area contributed by atoms with Crippen molar-refractivity contribution in [3.05, 3.63) is 11.1 Å². The lowest BCUT2D eigenvalue weighted by Crippen LogP contribution is -2.00. The predicted molar refractivity (Wildman–Crippen MR) is 58.0 cm³/mol. The van der Waals surface area contributed by atoms with E-state index in [0.29, 0.717) is 19.3 Å². The number of hydrogen-bond acceptors (Lipinski definition) is 4. The van der Waals surface area contributed by atoms with Gasteiger partial charge in [-0.2, -0.15) is 0 Å². The van der Waals surface area contributed by atoms with Gasteiger partial charge in [0.25, 0.3) is 0 Å². The van der Waals surface area contributed by atoms with Gasteiger partial charge in [-0.05, 0) is 18.4 Å². The van der Waals surface area contributed by atoms with Gasteiger partial charge < -0.3 is 9.05 Å². The van der Waals surface area contributed by atoms with Crippen molar-refractivity contribution in [2.45, 2.75) is 26.2 Å². The van der Waals surface area contributed by atoms with Gasteiger partial charge in [-0.3, -0.25) is 9.36 Å². The maximum atomic E-state index is 11.9. The van der Waals surface area contributed by atoms with E-state index in [-0.39, 0.29) is 11.9 Å². The maximum Gasteiger partial charge on any atom is 0.334 e. The summed E-state index contributed by atoms with van der Waals surface area (Å²) in [7, 11) is -0.281. The Balaban J connectivity index is 2.86. The van der Waals surface area contributed by atoms with Crippen LogP contribution in [0.3, 0.4) is 0 Å². The number of ketones is 1. The first kappa shape index (κ1) is 12.6. The van der Waals surface area contributed by atoms with Crippen LogP contribution in [0.1, 0.15) is 26.2 Å². The number of rotatable bonds is 5. The van der Waals surface area contributed by atoms with Crippen molar-refractivity contribution in [3.63, 3.8) is 0 Å². The zero-order valence-electron chi connectivity index (χ0n) is 9.41. The molecule has 0 spiro atoms.